The molecule has 0 spiro atoms. The van der Waals surface area contributed by atoms with Crippen LogP contribution in [-0.4, -0.2) is 44.0 Å². The van der Waals surface area contributed by atoms with E-state index in [1.807, 2.05) is 30.3 Å². The predicted molar refractivity (Wildman–Crippen MR) is 116 cm³/mol. The molecular weight excluding hydrogens is 390 g/mol. The van der Waals surface area contributed by atoms with Crippen LogP contribution in [0.15, 0.2) is 48.5 Å². The maximum Gasteiger partial charge on any atom is 0.238 e. The Morgan fingerprint density at radius 1 is 1.10 bits per heavy atom. The van der Waals surface area contributed by atoms with Gasteiger partial charge in [-0.05, 0) is 37.2 Å². The Morgan fingerprint density at radius 2 is 1.79 bits per heavy atom. The van der Waals surface area contributed by atoms with Crippen LogP contribution in [0.3, 0.4) is 0 Å². The van der Waals surface area contributed by atoms with Crippen molar-refractivity contribution in [2.24, 2.45) is 0 Å². The molecular formula is C22H28ClN3O3. The van der Waals surface area contributed by atoms with E-state index in [4.69, 9.17) is 16.3 Å². The number of likely N-dealkylation sites (N-methyl/N-ethyl adjacent to an activating group) is 1. The van der Waals surface area contributed by atoms with Crippen molar-refractivity contribution in [3.63, 3.8) is 0 Å². The maximum atomic E-state index is 12.5. The highest BCUT2D eigenvalue weighted by molar-refractivity contribution is 6.31. The molecule has 0 aliphatic rings. The Labute approximate surface area is 177 Å². The number of amides is 2. The lowest BCUT2D eigenvalue weighted by atomic mass is 10.0. The van der Waals surface area contributed by atoms with E-state index in [9.17, 15) is 9.59 Å². The second-order valence-corrected chi connectivity index (χ2v) is 7.32. The fourth-order valence-corrected chi connectivity index (χ4v) is 3.22. The molecule has 0 radical (unpaired) electrons. The van der Waals surface area contributed by atoms with E-state index in [-0.39, 0.29) is 30.9 Å². The minimum absolute atomic E-state index is 0.0355. The molecule has 2 aromatic carbocycles. The van der Waals surface area contributed by atoms with Crippen molar-refractivity contribution in [2.45, 2.75) is 25.8 Å². The summed E-state index contributed by atoms with van der Waals surface area (Å²) in [7, 11) is 3.25. The average Bonchev–Trinajstić information content (AvgIpc) is 2.68. The van der Waals surface area contributed by atoms with E-state index < -0.39 is 0 Å². The van der Waals surface area contributed by atoms with Gasteiger partial charge in [0, 0.05) is 5.02 Å². The van der Waals surface area contributed by atoms with Crippen LogP contribution in [0.4, 0.5) is 5.69 Å². The van der Waals surface area contributed by atoms with Gasteiger partial charge in [-0.3, -0.25) is 14.5 Å². The quantitative estimate of drug-likeness (QED) is 0.615. The van der Waals surface area contributed by atoms with E-state index in [2.05, 4.69) is 17.6 Å². The molecule has 0 saturated carbocycles. The SMILES string of the molecule is CCC[C@H](NC(=O)CN(C)CC(=O)Nc1cc(Cl)ccc1OC)c1ccccc1. The summed E-state index contributed by atoms with van der Waals surface area (Å²) in [4.78, 5) is 26.5. The number of nitrogens with zero attached hydrogens (tertiary/aromatic N) is 1. The van der Waals surface area contributed by atoms with Gasteiger partial charge in [0.05, 0.1) is 31.9 Å². The van der Waals surface area contributed by atoms with E-state index in [0.29, 0.717) is 16.5 Å². The second-order valence-electron chi connectivity index (χ2n) is 6.88. The van der Waals surface area contributed by atoms with Gasteiger partial charge in [0.15, 0.2) is 0 Å². The smallest absolute Gasteiger partial charge is 0.238 e. The molecule has 0 heterocycles. The molecule has 0 aliphatic heterocycles. The van der Waals surface area contributed by atoms with Crippen molar-refractivity contribution < 1.29 is 14.3 Å². The van der Waals surface area contributed by atoms with Crippen molar-refractivity contribution in [1.29, 1.82) is 0 Å². The number of carbonyl (C=O) groups excluding carboxylic acids is 2. The number of nitrogens with one attached hydrogen (secondary N) is 2. The number of carbonyl (C=O) groups is 2. The molecule has 2 rings (SSSR count). The maximum absolute atomic E-state index is 12.5. The average molecular weight is 418 g/mol. The van der Waals surface area contributed by atoms with Crippen LogP contribution in [0, 0.1) is 0 Å². The van der Waals surface area contributed by atoms with Crippen LogP contribution in [0.2, 0.25) is 5.02 Å². The van der Waals surface area contributed by atoms with Gasteiger partial charge >= 0.3 is 0 Å². The van der Waals surface area contributed by atoms with E-state index in [1.165, 1.54) is 7.11 Å². The number of rotatable bonds is 10. The Bertz CT molecular complexity index is 814. The molecule has 2 aromatic rings. The van der Waals surface area contributed by atoms with Crippen LogP contribution >= 0.6 is 11.6 Å². The molecule has 2 N–H and O–H groups in total. The zero-order valence-electron chi connectivity index (χ0n) is 17.1. The monoisotopic (exact) mass is 417 g/mol. The highest BCUT2D eigenvalue weighted by Crippen LogP contribution is 2.27. The zero-order valence-corrected chi connectivity index (χ0v) is 17.8. The third-order valence-corrected chi connectivity index (χ3v) is 4.61. The fraction of sp³-hybridized carbons (Fsp3) is 0.364. The number of halogens is 1. The molecule has 0 saturated heterocycles. The van der Waals surface area contributed by atoms with Gasteiger partial charge in [0.2, 0.25) is 11.8 Å². The van der Waals surface area contributed by atoms with Gasteiger partial charge in [-0.1, -0.05) is 55.3 Å². The summed E-state index contributed by atoms with van der Waals surface area (Å²) >= 11 is 5.99. The third kappa shape index (κ3) is 7.40. The number of ether oxygens (including phenoxy) is 1. The molecule has 0 aliphatic carbocycles. The first-order valence-electron chi connectivity index (χ1n) is 9.59. The molecule has 0 unspecified atom stereocenters. The summed E-state index contributed by atoms with van der Waals surface area (Å²) < 4.78 is 5.23. The molecule has 0 fully saturated rings. The number of hydrogen-bond acceptors (Lipinski definition) is 4. The van der Waals surface area contributed by atoms with Gasteiger partial charge in [-0.2, -0.15) is 0 Å². The number of methoxy groups -OCH3 is 1. The first-order chi connectivity index (χ1) is 13.9. The summed E-state index contributed by atoms with van der Waals surface area (Å²) in [5.74, 6) is 0.144. The first-order valence-corrected chi connectivity index (χ1v) is 9.97. The Morgan fingerprint density at radius 3 is 2.45 bits per heavy atom. The predicted octanol–water partition coefficient (Wildman–Crippen LogP) is 3.88. The summed E-state index contributed by atoms with van der Waals surface area (Å²) in [5, 5.41) is 6.33. The Kier molecular flexibility index (Phi) is 8.96. The van der Waals surface area contributed by atoms with Crippen LogP contribution in [-0.2, 0) is 9.59 Å². The molecule has 7 heteroatoms. The number of benzene rings is 2. The number of hydrogen-bond donors (Lipinski definition) is 2. The lowest BCUT2D eigenvalue weighted by Gasteiger charge is -2.21. The van der Waals surface area contributed by atoms with Crippen LogP contribution in [0.1, 0.15) is 31.4 Å². The Hall–Kier alpha value is -2.57. The van der Waals surface area contributed by atoms with Crippen molar-refractivity contribution >= 4 is 29.1 Å². The van der Waals surface area contributed by atoms with E-state index >= 15 is 0 Å². The molecule has 0 aromatic heterocycles. The molecule has 1 atom stereocenters. The molecule has 6 nitrogen and oxygen atoms in total. The highest BCUT2D eigenvalue weighted by atomic mass is 35.5. The first kappa shape index (κ1) is 22.7. The summed E-state index contributed by atoms with van der Waals surface area (Å²) in [6.07, 6.45) is 1.81. The normalized spacial score (nSPS) is 11.8. The van der Waals surface area contributed by atoms with Crippen molar-refractivity contribution in [2.75, 3.05) is 32.6 Å². The van der Waals surface area contributed by atoms with E-state index in [0.717, 1.165) is 18.4 Å². The molecule has 156 valence electrons. The van der Waals surface area contributed by atoms with E-state index in [1.54, 1.807) is 30.1 Å². The third-order valence-electron chi connectivity index (χ3n) is 4.38. The van der Waals surface area contributed by atoms with Gasteiger partial charge in [-0.25, -0.2) is 0 Å². The molecule has 0 bridgehead atoms. The minimum atomic E-state index is -0.256. The van der Waals surface area contributed by atoms with Crippen molar-refractivity contribution in [3.05, 3.63) is 59.1 Å². The highest BCUT2D eigenvalue weighted by Gasteiger charge is 2.17. The van der Waals surface area contributed by atoms with Gasteiger partial charge in [0.1, 0.15) is 5.75 Å². The van der Waals surface area contributed by atoms with Gasteiger partial charge in [-0.15, -0.1) is 0 Å². The summed E-state index contributed by atoms with van der Waals surface area (Å²) in [5.41, 5.74) is 1.58. The second kappa shape index (κ2) is 11.4. The molecule has 2 amide bonds. The fourth-order valence-electron chi connectivity index (χ4n) is 3.05. The van der Waals surface area contributed by atoms with Gasteiger partial charge in [0.25, 0.3) is 0 Å². The topological polar surface area (TPSA) is 70.7 Å². The Balaban J connectivity index is 1.89. The standard InChI is InChI=1S/C22H28ClN3O3/c1-4-8-18(16-9-6-5-7-10-16)24-21(27)14-26(2)15-22(28)25-19-13-17(23)11-12-20(19)29-3/h5-7,9-13,18H,4,8,14-15H2,1-3H3,(H,24,27)(H,25,28)/t18-/m0/s1. The lowest BCUT2D eigenvalue weighted by molar-refractivity contribution is -0.123. The summed E-state index contributed by atoms with van der Waals surface area (Å²) in [6.45, 7) is 2.27. The van der Waals surface area contributed by atoms with Crippen LogP contribution in [0.5, 0.6) is 5.75 Å². The zero-order chi connectivity index (χ0) is 21.2. The van der Waals surface area contributed by atoms with Crippen LogP contribution < -0.4 is 15.4 Å². The van der Waals surface area contributed by atoms with Crippen molar-refractivity contribution in [1.82, 2.24) is 10.2 Å². The lowest BCUT2D eigenvalue weighted by Crippen LogP contribution is -2.40. The summed E-state index contributed by atoms with van der Waals surface area (Å²) in [6, 6.07) is 14.9. The van der Waals surface area contributed by atoms with Crippen molar-refractivity contribution in [3.8, 4) is 5.75 Å². The van der Waals surface area contributed by atoms with Gasteiger partial charge < -0.3 is 15.4 Å². The largest absolute Gasteiger partial charge is 0.495 e. The minimum Gasteiger partial charge on any atom is -0.495 e. The molecule has 29 heavy (non-hydrogen) atoms. The van der Waals surface area contributed by atoms with Crippen LogP contribution in [0.25, 0.3) is 0 Å². The number of anilines is 1.